The Bertz CT molecular complexity index is 1540. The van der Waals surface area contributed by atoms with Crippen LogP contribution in [0.2, 0.25) is 10.3 Å². The smallest absolute Gasteiger partial charge is 0.407 e. The number of aromatic nitrogens is 2. The minimum absolute atomic E-state index is 0.0242. The molecule has 0 unspecified atom stereocenters. The number of ether oxygens (including phenoxy) is 3. The highest BCUT2D eigenvalue weighted by Gasteiger charge is 2.38. The number of hydrogen-bond donors (Lipinski definition) is 2. The van der Waals surface area contributed by atoms with Crippen molar-refractivity contribution in [1.82, 2.24) is 14.9 Å². The van der Waals surface area contributed by atoms with Crippen LogP contribution >= 0.6 is 23.2 Å². The third kappa shape index (κ3) is 7.47. The average Bonchev–Trinajstić information content (AvgIpc) is 3.36. The van der Waals surface area contributed by atoms with Crippen molar-refractivity contribution in [2.24, 2.45) is 5.92 Å². The van der Waals surface area contributed by atoms with Crippen LogP contribution in [0.5, 0.6) is 0 Å². The largest absolute Gasteiger partial charge is 0.445 e. The molecule has 1 aliphatic heterocycles. The summed E-state index contributed by atoms with van der Waals surface area (Å²) < 4.78 is 19.9. The molecule has 1 aromatic heterocycles. The summed E-state index contributed by atoms with van der Waals surface area (Å²) in [5.41, 5.74) is 5.66. The minimum atomic E-state index is -0.632. The van der Waals surface area contributed by atoms with E-state index in [4.69, 9.17) is 37.4 Å². The van der Waals surface area contributed by atoms with Gasteiger partial charge in [0.2, 0.25) is 0 Å². The molecule has 1 amide bonds. The SMILES string of the molecule is C=CCOC(=O)NCc1cccc(-c2ccc([C@@H]3O[C@H](Cn4cnc(Cl)c4Cl)[C@H](C)[C@H](c4ccc(CO)cc4)O3)cc2)c1. The maximum Gasteiger partial charge on any atom is 0.407 e. The Balaban J connectivity index is 1.35. The molecule has 224 valence electrons. The van der Waals surface area contributed by atoms with Crippen LogP contribution in [0.1, 0.15) is 41.6 Å². The van der Waals surface area contributed by atoms with E-state index in [1.807, 2.05) is 72.8 Å². The molecule has 1 fully saturated rings. The molecule has 1 saturated heterocycles. The Morgan fingerprint density at radius 2 is 1.79 bits per heavy atom. The molecule has 10 heteroatoms. The zero-order chi connectivity index (χ0) is 30.3. The molecule has 3 aromatic carbocycles. The predicted molar refractivity (Wildman–Crippen MR) is 165 cm³/mol. The van der Waals surface area contributed by atoms with Crippen molar-refractivity contribution in [2.45, 2.75) is 45.1 Å². The third-order valence-corrected chi connectivity index (χ3v) is 8.21. The summed E-state index contributed by atoms with van der Waals surface area (Å²) in [5, 5.41) is 12.9. The lowest BCUT2D eigenvalue weighted by atomic mass is 9.90. The Morgan fingerprint density at radius 3 is 2.47 bits per heavy atom. The van der Waals surface area contributed by atoms with E-state index in [1.54, 1.807) is 10.9 Å². The molecule has 0 bridgehead atoms. The van der Waals surface area contributed by atoms with Crippen molar-refractivity contribution in [1.29, 1.82) is 0 Å². The molecule has 0 aliphatic carbocycles. The van der Waals surface area contributed by atoms with E-state index < -0.39 is 12.4 Å². The summed E-state index contributed by atoms with van der Waals surface area (Å²) in [7, 11) is 0. The van der Waals surface area contributed by atoms with Gasteiger partial charge < -0.3 is 29.2 Å². The van der Waals surface area contributed by atoms with Crippen molar-refractivity contribution in [3.8, 4) is 11.1 Å². The molecule has 1 aliphatic rings. The average molecular weight is 623 g/mol. The summed E-state index contributed by atoms with van der Waals surface area (Å²) in [5.74, 6) is -0.0295. The van der Waals surface area contributed by atoms with E-state index in [-0.39, 0.29) is 36.5 Å². The Morgan fingerprint density at radius 1 is 1.05 bits per heavy atom. The standard InChI is InChI=1S/C33H33Cl2N3O5/c1-3-15-41-33(40)36-17-23-5-4-6-27(16-23)24-11-13-26(14-12-24)32-42-28(18-38-20-37-30(34)31(38)35)21(2)29(43-32)25-9-7-22(19-39)8-10-25/h3-14,16,20-21,28-29,32,39H,1,15,17-19H2,2H3,(H,36,40)/t21-,28+,29+,32+/m0/s1. The van der Waals surface area contributed by atoms with Crippen LogP contribution in [0, 0.1) is 5.92 Å². The number of carbonyl (C=O) groups excluding carboxylic acids is 1. The Kier molecular flexibility index (Phi) is 10.2. The first-order valence-corrected chi connectivity index (χ1v) is 14.7. The van der Waals surface area contributed by atoms with Gasteiger partial charge in [-0.1, -0.05) is 110 Å². The number of carbonyl (C=O) groups is 1. The first-order chi connectivity index (χ1) is 20.9. The van der Waals surface area contributed by atoms with Gasteiger partial charge in [-0.15, -0.1) is 0 Å². The molecule has 43 heavy (non-hydrogen) atoms. The molecular weight excluding hydrogens is 589 g/mol. The van der Waals surface area contributed by atoms with Crippen molar-refractivity contribution >= 4 is 29.3 Å². The van der Waals surface area contributed by atoms with Gasteiger partial charge in [-0.25, -0.2) is 9.78 Å². The number of benzene rings is 3. The van der Waals surface area contributed by atoms with Crippen LogP contribution < -0.4 is 5.32 Å². The lowest BCUT2D eigenvalue weighted by Gasteiger charge is -2.41. The van der Waals surface area contributed by atoms with E-state index >= 15 is 0 Å². The molecule has 5 rings (SSSR count). The zero-order valence-electron chi connectivity index (χ0n) is 23.7. The van der Waals surface area contributed by atoms with Gasteiger partial charge in [-0.2, -0.15) is 0 Å². The molecule has 0 spiro atoms. The quantitative estimate of drug-likeness (QED) is 0.181. The first-order valence-electron chi connectivity index (χ1n) is 13.9. The number of nitrogens with zero attached hydrogens (tertiary/aromatic N) is 2. The first kappa shape index (κ1) is 30.8. The van der Waals surface area contributed by atoms with Gasteiger partial charge in [0.15, 0.2) is 11.4 Å². The third-order valence-electron chi connectivity index (χ3n) is 7.45. The highest BCUT2D eigenvalue weighted by molar-refractivity contribution is 6.40. The number of halogens is 2. The monoisotopic (exact) mass is 621 g/mol. The highest BCUT2D eigenvalue weighted by atomic mass is 35.5. The zero-order valence-corrected chi connectivity index (χ0v) is 25.2. The van der Waals surface area contributed by atoms with E-state index in [9.17, 15) is 9.90 Å². The molecule has 0 saturated carbocycles. The van der Waals surface area contributed by atoms with E-state index in [2.05, 4.69) is 23.8 Å². The van der Waals surface area contributed by atoms with Crippen LogP contribution in [-0.2, 0) is 33.9 Å². The summed E-state index contributed by atoms with van der Waals surface area (Å²) in [4.78, 5) is 15.9. The fourth-order valence-electron chi connectivity index (χ4n) is 5.05. The van der Waals surface area contributed by atoms with Crippen molar-refractivity contribution < 1.29 is 24.1 Å². The van der Waals surface area contributed by atoms with Crippen LogP contribution in [0.15, 0.2) is 91.8 Å². The maximum absolute atomic E-state index is 11.8. The second-order valence-corrected chi connectivity index (χ2v) is 11.1. The van der Waals surface area contributed by atoms with Crippen molar-refractivity contribution in [2.75, 3.05) is 6.61 Å². The van der Waals surface area contributed by atoms with Gasteiger partial charge in [0.05, 0.1) is 31.7 Å². The van der Waals surface area contributed by atoms with Crippen LogP contribution in [0.3, 0.4) is 0 Å². The summed E-state index contributed by atoms with van der Waals surface area (Å²) in [6.45, 7) is 6.56. The second-order valence-electron chi connectivity index (χ2n) is 10.4. The molecule has 2 heterocycles. The molecule has 2 N–H and O–H groups in total. The van der Waals surface area contributed by atoms with Crippen LogP contribution in [0.25, 0.3) is 11.1 Å². The number of nitrogens with one attached hydrogen (secondary N) is 1. The normalized spacial score (nSPS) is 20.0. The fourth-order valence-corrected chi connectivity index (χ4v) is 5.36. The van der Waals surface area contributed by atoms with E-state index in [0.29, 0.717) is 18.2 Å². The van der Waals surface area contributed by atoms with E-state index in [1.165, 1.54) is 6.08 Å². The van der Waals surface area contributed by atoms with Gasteiger partial charge in [-0.3, -0.25) is 0 Å². The number of aliphatic hydroxyl groups excluding tert-OH is 1. The highest BCUT2D eigenvalue weighted by Crippen LogP contribution is 2.42. The summed E-state index contributed by atoms with van der Waals surface area (Å²) in [6, 6.07) is 23.8. The fraction of sp³-hybridized carbons (Fsp3) is 0.273. The summed E-state index contributed by atoms with van der Waals surface area (Å²) in [6.07, 6.45) is 1.49. The lowest BCUT2D eigenvalue weighted by molar-refractivity contribution is -0.276. The van der Waals surface area contributed by atoms with Gasteiger partial charge in [0.25, 0.3) is 0 Å². The molecule has 4 aromatic rings. The van der Waals surface area contributed by atoms with Gasteiger partial charge in [0.1, 0.15) is 11.8 Å². The van der Waals surface area contributed by atoms with Gasteiger partial charge in [-0.05, 0) is 33.9 Å². The predicted octanol–water partition coefficient (Wildman–Crippen LogP) is 7.25. The number of amides is 1. The molecule has 0 radical (unpaired) electrons. The molecule has 8 nitrogen and oxygen atoms in total. The van der Waals surface area contributed by atoms with Crippen LogP contribution in [-0.4, -0.2) is 33.5 Å². The Hall–Kier alpha value is -3.66. The van der Waals surface area contributed by atoms with Gasteiger partial charge in [0, 0.05) is 18.0 Å². The molecule has 4 atom stereocenters. The Labute approximate surface area is 260 Å². The van der Waals surface area contributed by atoms with Crippen molar-refractivity contribution in [3.05, 3.63) is 124 Å². The number of imidazole rings is 1. The van der Waals surface area contributed by atoms with Crippen molar-refractivity contribution in [3.63, 3.8) is 0 Å². The maximum atomic E-state index is 11.8. The molecular formula is C33H33Cl2N3O5. The number of rotatable bonds is 10. The number of aliphatic hydroxyl groups is 1. The lowest BCUT2D eigenvalue weighted by Crippen LogP contribution is -2.39. The minimum Gasteiger partial charge on any atom is -0.445 e. The second kappa shape index (κ2) is 14.2. The number of alkyl carbamates (subject to hydrolysis) is 1. The summed E-state index contributed by atoms with van der Waals surface area (Å²) >= 11 is 12.5. The van der Waals surface area contributed by atoms with Gasteiger partial charge >= 0.3 is 6.09 Å². The topological polar surface area (TPSA) is 94.8 Å². The van der Waals surface area contributed by atoms with Crippen LogP contribution in [0.4, 0.5) is 4.79 Å². The van der Waals surface area contributed by atoms with E-state index in [0.717, 1.165) is 33.4 Å². The number of hydrogen-bond acceptors (Lipinski definition) is 6.